The summed E-state index contributed by atoms with van der Waals surface area (Å²) in [4.78, 5) is 2.20. The second-order valence-electron chi connectivity index (χ2n) is 3.52. The van der Waals surface area contributed by atoms with Crippen molar-refractivity contribution >= 4 is 0 Å². The Bertz CT molecular complexity index is 365. The third kappa shape index (κ3) is 2.95. The number of likely N-dealkylation sites (N-methyl/N-ethyl adjacent to an activating group) is 1. The Morgan fingerprint density at radius 3 is 2.75 bits per heavy atom. The molecule has 16 heavy (non-hydrogen) atoms. The van der Waals surface area contributed by atoms with Gasteiger partial charge in [0.15, 0.2) is 0 Å². The first kappa shape index (κ1) is 12.5. The van der Waals surface area contributed by atoms with Crippen molar-refractivity contribution in [2.45, 2.75) is 33.9 Å². The summed E-state index contributed by atoms with van der Waals surface area (Å²) in [6.45, 7) is 11.7. The van der Waals surface area contributed by atoms with Gasteiger partial charge in [-0.1, -0.05) is 24.8 Å². The van der Waals surface area contributed by atoms with E-state index in [0.717, 1.165) is 31.0 Å². The molecule has 0 N–H and O–H groups in total. The van der Waals surface area contributed by atoms with Crippen LogP contribution in [-0.2, 0) is 13.1 Å². The molecule has 0 saturated carbocycles. The maximum absolute atomic E-state index is 4.09. The van der Waals surface area contributed by atoms with E-state index in [1.165, 1.54) is 0 Å². The molecule has 0 amide bonds. The molecule has 1 aromatic rings. The van der Waals surface area contributed by atoms with Crippen molar-refractivity contribution in [2.24, 2.45) is 0 Å². The van der Waals surface area contributed by atoms with Gasteiger partial charge in [0.25, 0.3) is 0 Å². The number of hydrogen-bond acceptors (Lipinski definition) is 3. The van der Waals surface area contributed by atoms with Crippen molar-refractivity contribution in [3.05, 3.63) is 36.3 Å². The molecule has 0 aliphatic heterocycles. The average Bonchev–Trinajstić information content (AvgIpc) is 2.77. The number of rotatable bonds is 6. The summed E-state index contributed by atoms with van der Waals surface area (Å²) in [7, 11) is 0. The highest BCUT2D eigenvalue weighted by molar-refractivity contribution is 5.13. The third-order valence-electron chi connectivity index (χ3n) is 2.52. The van der Waals surface area contributed by atoms with Gasteiger partial charge in [-0.3, -0.25) is 0 Å². The molecule has 0 bridgehead atoms. The number of hydrogen-bond donors (Lipinski definition) is 0. The Morgan fingerprint density at radius 2 is 2.31 bits per heavy atom. The monoisotopic (exact) mass is 220 g/mol. The van der Waals surface area contributed by atoms with E-state index in [-0.39, 0.29) is 0 Å². The van der Waals surface area contributed by atoms with Crippen molar-refractivity contribution in [3.8, 4) is 0 Å². The molecular formula is C12H20N4. The van der Waals surface area contributed by atoms with Crippen LogP contribution in [0.3, 0.4) is 0 Å². The van der Waals surface area contributed by atoms with Crippen molar-refractivity contribution in [1.29, 1.82) is 0 Å². The zero-order chi connectivity index (χ0) is 12.0. The molecule has 0 aliphatic carbocycles. The number of aromatic nitrogens is 3. The molecule has 0 unspecified atom stereocenters. The first-order valence-corrected chi connectivity index (χ1v) is 5.67. The molecule has 0 aromatic carbocycles. The first-order chi connectivity index (χ1) is 7.74. The van der Waals surface area contributed by atoms with E-state index < -0.39 is 0 Å². The second kappa shape index (κ2) is 6.10. The molecule has 0 saturated heterocycles. The fourth-order valence-electron chi connectivity index (χ4n) is 1.54. The summed E-state index contributed by atoms with van der Waals surface area (Å²) >= 11 is 0. The van der Waals surface area contributed by atoms with Gasteiger partial charge in [0.1, 0.15) is 6.67 Å². The van der Waals surface area contributed by atoms with Crippen molar-refractivity contribution in [3.63, 3.8) is 0 Å². The minimum Gasteiger partial charge on any atom is -0.353 e. The molecule has 1 rings (SSSR count). The van der Waals surface area contributed by atoms with Crippen LogP contribution >= 0.6 is 0 Å². The van der Waals surface area contributed by atoms with Crippen LogP contribution in [0.15, 0.2) is 30.6 Å². The fourth-order valence-corrected chi connectivity index (χ4v) is 1.54. The first-order valence-electron chi connectivity index (χ1n) is 5.67. The van der Waals surface area contributed by atoms with Crippen LogP contribution in [0, 0.1) is 0 Å². The molecule has 0 atom stereocenters. The van der Waals surface area contributed by atoms with Gasteiger partial charge in [0.2, 0.25) is 0 Å². The maximum Gasteiger partial charge on any atom is 0.113 e. The highest BCUT2D eigenvalue weighted by Crippen LogP contribution is 2.07. The maximum atomic E-state index is 4.09. The summed E-state index contributed by atoms with van der Waals surface area (Å²) in [6, 6.07) is 0. The summed E-state index contributed by atoms with van der Waals surface area (Å²) < 4.78 is 1.86. The van der Waals surface area contributed by atoms with Gasteiger partial charge in [-0.05, 0) is 26.3 Å². The molecule has 0 radical (unpaired) electrons. The standard InChI is InChI=1S/C12H20N4/c1-5-11-9-16(14-13-11)10-15(8-4)12(6-2)7-3/h6-7,9H,2,5,8,10H2,1,3-4H3/b12-7+. The molecule has 0 spiro atoms. The van der Waals surface area contributed by atoms with Gasteiger partial charge >= 0.3 is 0 Å². The summed E-state index contributed by atoms with van der Waals surface area (Å²) in [6.07, 6.45) is 6.82. The lowest BCUT2D eigenvalue weighted by Gasteiger charge is -2.23. The summed E-state index contributed by atoms with van der Waals surface area (Å²) in [5.74, 6) is 0. The van der Waals surface area contributed by atoms with Gasteiger partial charge < -0.3 is 4.90 Å². The lowest BCUT2D eigenvalue weighted by Crippen LogP contribution is -2.25. The van der Waals surface area contributed by atoms with E-state index in [0.29, 0.717) is 0 Å². The lowest BCUT2D eigenvalue weighted by molar-refractivity contribution is 0.280. The minimum atomic E-state index is 0.717. The van der Waals surface area contributed by atoms with Gasteiger partial charge in [-0.2, -0.15) is 0 Å². The van der Waals surface area contributed by atoms with Crippen LogP contribution < -0.4 is 0 Å². The Morgan fingerprint density at radius 1 is 1.56 bits per heavy atom. The quantitative estimate of drug-likeness (QED) is 0.689. The molecule has 1 aromatic heterocycles. The zero-order valence-electron chi connectivity index (χ0n) is 10.3. The predicted octanol–water partition coefficient (Wildman–Crippen LogP) is 2.21. The van der Waals surface area contributed by atoms with E-state index in [1.54, 1.807) is 0 Å². The Hall–Kier alpha value is -1.58. The lowest BCUT2D eigenvalue weighted by atomic mass is 10.3. The smallest absolute Gasteiger partial charge is 0.113 e. The molecule has 88 valence electrons. The van der Waals surface area contributed by atoms with Crippen LogP contribution in [0.25, 0.3) is 0 Å². The Labute approximate surface area is 97.3 Å². The van der Waals surface area contributed by atoms with Gasteiger partial charge in [0.05, 0.1) is 11.9 Å². The van der Waals surface area contributed by atoms with E-state index in [9.17, 15) is 0 Å². The van der Waals surface area contributed by atoms with Gasteiger partial charge in [-0.25, -0.2) is 4.68 Å². The van der Waals surface area contributed by atoms with Crippen LogP contribution in [-0.4, -0.2) is 26.4 Å². The zero-order valence-corrected chi connectivity index (χ0v) is 10.3. The third-order valence-corrected chi connectivity index (χ3v) is 2.52. The van der Waals surface area contributed by atoms with Crippen molar-refractivity contribution < 1.29 is 0 Å². The topological polar surface area (TPSA) is 34.0 Å². The van der Waals surface area contributed by atoms with E-state index in [4.69, 9.17) is 0 Å². The van der Waals surface area contributed by atoms with Crippen LogP contribution in [0.4, 0.5) is 0 Å². The Kier molecular flexibility index (Phi) is 4.76. The van der Waals surface area contributed by atoms with Gasteiger partial charge in [0, 0.05) is 12.2 Å². The van der Waals surface area contributed by atoms with Crippen LogP contribution in [0.1, 0.15) is 26.5 Å². The molecule has 0 fully saturated rings. The van der Waals surface area contributed by atoms with E-state index in [1.807, 2.05) is 30.0 Å². The van der Waals surface area contributed by atoms with Gasteiger partial charge in [-0.15, -0.1) is 5.10 Å². The molecule has 4 heteroatoms. The number of allylic oxidation sites excluding steroid dienone is 2. The summed E-state index contributed by atoms with van der Waals surface area (Å²) in [5, 5.41) is 8.16. The van der Waals surface area contributed by atoms with Crippen molar-refractivity contribution in [1.82, 2.24) is 19.9 Å². The normalized spacial score (nSPS) is 11.6. The van der Waals surface area contributed by atoms with E-state index in [2.05, 4.69) is 35.6 Å². The Balaban J connectivity index is 2.73. The highest BCUT2D eigenvalue weighted by Gasteiger charge is 2.05. The molecule has 0 aliphatic rings. The molecular weight excluding hydrogens is 200 g/mol. The number of nitrogens with zero attached hydrogens (tertiary/aromatic N) is 4. The van der Waals surface area contributed by atoms with Crippen LogP contribution in [0.2, 0.25) is 0 Å². The van der Waals surface area contributed by atoms with Crippen LogP contribution in [0.5, 0.6) is 0 Å². The number of aryl methyl sites for hydroxylation is 1. The molecule has 4 nitrogen and oxygen atoms in total. The van der Waals surface area contributed by atoms with Crippen molar-refractivity contribution in [2.75, 3.05) is 6.54 Å². The predicted molar refractivity (Wildman–Crippen MR) is 65.7 cm³/mol. The second-order valence-corrected chi connectivity index (χ2v) is 3.52. The minimum absolute atomic E-state index is 0.717. The highest BCUT2D eigenvalue weighted by atomic mass is 15.5. The average molecular weight is 220 g/mol. The largest absolute Gasteiger partial charge is 0.353 e. The summed E-state index contributed by atoms with van der Waals surface area (Å²) in [5.41, 5.74) is 2.15. The molecule has 1 heterocycles. The SMILES string of the molecule is C=C/C(=C\C)N(CC)Cn1cc(CC)nn1. The van der Waals surface area contributed by atoms with E-state index >= 15 is 0 Å². The fraction of sp³-hybridized carbons (Fsp3) is 0.500.